The second-order valence-electron chi connectivity index (χ2n) is 4.62. The number of hydrogen-bond acceptors (Lipinski definition) is 3. The third-order valence-corrected chi connectivity index (χ3v) is 3.21. The lowest BCUT2D eigenvalue weighted by molar-refractivity contribution is -0.131. The molecular formula is C18H20O4. The number of para-hydroxylation sites is 2. The largest absolute Gasteiger partial charge is 0.508 e. The van der Waals surface area contributed by atoms with Gasteiger partial charge in [0.15, 0.2) is 0 Å². The highest BCUT2D eigenvalue weighted by molar-refractivity contribution is 5.78. The lowest BCUT2D eigenvalue weighted by Crippen LogP contribution is -2.00. The van der Waals surface area contributed by atoms with Gasteiger partial charge in [0.05, 0.1) is 0 Å². The van der Waals surface area contributed by atoms with E-state index in [-0.39, 0.29) is 17.4 Å². The second-order valence-corrected chi connectivity index (χ2v) is 4.62. The first kappa shape index (κ1) is 17.3. The number of benzene rings is 2. The maximum atomic E-state index is 9.88. The number of rotatable bonds is 4. The lowest BCUT2D eigenvalue weighted by Gasteiger charge is -2.18. The highest BCUT2D eigenvalue weighted by Gasteiger charge is 2.17. The van der Waals surface area contributed by atoms with Crippen LogP contribution in [0.5, 0.6) is 11.5 Å². The Bertz CT molecular complexity index is 589. The number of phenols is 2. The maximum absolute atomic E-state index is 9.88. The number of aliphatic carboxylic acids is 1. The summed E-state index contributed by atoms with van der Waals surface area (Å²) < 4.78 is 0. The molecule has 0 aromatic heterocycles. The first-order valence-corrected chi connectivity index (χ1v) is 6.92. The quantitative estimate of drug-likeness (QED) is 0.748. The van der Waals surface area contributed by atoms with Crippen LogP contribution in [0, 0.1) is 0 Å². The van der Waals surface area contributed by atoms with Gasteiger partial charge in [0.1, 0.15) is 11.5 Å². The van der Waals surface area contributed by atoms with Gasteiger partial charge in [0.25, 0.3) is 0 Å². The van der Waals surface area contributed by atoms with Crippen molar-refractivity contribution in [2.75, 3.05) is 0 Å². The fourth-order valence-corrected chi connectivity index (χ4v) is 2.17. The fourth-order valence-electron chi connectivity index (χ4n) is 2.17. The molecule has 2 rings (SSSR count). The van der Waals surface area contributed by atoms with Crippen molar-refractivity contribution in [3.8, 4) is 11.5 Å². The monoisotopic (exact) mass is 300 g/mol. The van der Waals surface area contributed by atoms with E-state index in [1.807, 2.05) is 31.2 Å². The molecule has 3 N–H and O–H groups in total. The van der Waals surface area contributed by atoms with Crippen molar-refractivity contribution >= 4 is 5.97 Å². The molecule has 0 fully saturated rings. The van der Waals surface area contributed by atoms with E-state index in [4.69, 9.17) is 5.11 Å². The number of hydrogen-bond donors (Lipinski definition) is 3. The van der Waals surface area contributed by atoms with E-state index in [2.05, 4.69) is 6.58 Å². The van der Waals surface area contributed by atoms with Gasteiger partial charge in [-0.15, -0.1) is 0 Å². The Morgan fingerprint density at radius 3 is 1.68 bits per heavy atom. The van der Waals surface area contributed by atoms with E-state index < -0.39 is 5.97 Å². The van der Waals surface area contributed by atoms with Crippen LogP contribution in [0.15, 0.2) is 61.2 Å². The molecule has 0 unspecified atom stereocenters. The van der Waals surface area contributed by atoms with Crippen molar-refractivity contribution in [3.05, 3.63) is 72.3 Å². The van der Waals surface area contributed by atoms with Gasteiger partial charge >= 0.3 is 5.97 Å². The average Bonchev–Trinajstić information content (AvgIpc) is 2.52. The Morgan fingerprint density at radius 2 is 1.41 bits per heavy atom. The smallest absolute Gasteiger partial charge is 0.327 e. The summed E-state index contributed by atoms with van der Waals surface area (Å²) in [5.74, 6) is -0.396. The van der Waals surface area contributed by atoms with Crippen molar-refractivity contribution in [2.45, 2.75) is 19.3 Å². The molecule has 2 aromatic rings. The van der Waals surface area contributed by atoms with Crippen LogP contribution in [0.2, 0.25) is 0 Å². The molecule has 0 aliphatic carbocycles. The van der Waals surface area contributed by atoms with Gasteiger partial charge in [0.2, 0.25) is 0 Å². The molecule has 0 bridgehead atoms. The molecule has 0 radical (unpaired) electrons. The first-order valence-electron chi connectivity index (χ1n) is 6.92. The molecule has 4 heteroatoms. The van der Waals surface area contributed by atoms with E-state index in [1.54, 1.807) is 24.3 Å². The van der Waals surface area contributed by atoms with Crippen LogP contribution in [0.4, 0.5) is 0 Å². The summed E-state index contributed by atoms with van der Waals surface area (Å²) in [4.78, 5) is 9.25. The number of aromatic hydroxyl groups is 2. The van der Waals surface area contributed by atoms with E-state index in [0.29, 0.717) is 0 Å². The lowest BCUT2D eigenvalue weighted by atomic mass is 9.88. The Labute approximate surface area is 130 Å². The summed E-state index contributed by atoms with van der Waals surface area (Å²) in [7, 11) is 0. The van der Waals surface area contributed by atoms with E-state index in [9.17, 15) is 15.0 Å². The molecule has 0 saturated heterocycles. The predicted octanol–water partition coefficient (Wildman–Crippen LogP) is 3.90. The molecule has 0 saturated carbocycles. The molecule has 0 atom stereocenters. The summed E-state index contributed by atoms with van der Waals surface area (Å²) in [5.41, 5.74) is 1.72. The van der Waals surface area contributed by atoms with Crippen molar-refractivity contribution in [3.63, 3.8) is 0 Å². The van der Waals surface area contributed by atoms with Crippen LogP contribution in [-0.2, 0) is 4.79 Å². The van der Waals surface area contributed by atoms with Crippen LogP contribution in [0.3, 0.4) is 0 Å². The van der Waals surface area contributed by atoms with Gasteiger partial charge in [0, 0.05) is 23.1 Å². The molecule has 0 aliphatic rings. The van der Waals surface area contributed by atoms with Gasteiger partial charge in [-0.05, 0) is 18.6 Å². The third kappa shape index (κ3) is 4.66. The summed E-state index contributed by atoms with van der Waals surface area (Å²) >= 11 is 0. The number of carboxylic acid groups (broad SMARTS) is 1. The van der Waals surface area contributed by atoms with Crippen molar-refractivity contribution < 1.29 is 20.1 Å². The first-order chi connectivity index (χ1) is 10.5. The van der Waals surface area contributed by atoms with Crippen LogP contribution in [-0.4, -0.2) is 21.3 Å². The maximum Gasteiger partial charge on any atom is 0.327 e. The van der Waals surface area contributed by atoms with Gasteiger partial charge < -0.3 is 15.3 Å². The highest BCUT2D eigenvalue weighted by atomic mass is 16.4. The topological polar surface area (TPSA) is 77.8 Å². The zero-order valence-corrected chi connectivity index (χ0v) is 12.4. The second kappa shape index (κ2) is 8.52. The summed E-state index contributed by atoms with van der Waals surface area (Å²) in [5, 5.41) is 27.4. The van der Waals surface area contributed by atoms with Gasteiger partial charge in [-0.3, -0.25) is 0 Å². The van der Waals surface area contributed by atoms with Crippen LogP contribution < -0.4 is 0 Å². The minimum absolute atomic E-state index is 0.0254. The highest BCUT2D eigenvalue weighted by Crippen LogP contribution is 2.37. The van der Waals surface area contributed by atoms with Gasteiger partial charge in [-0.2, -0.15) is 0 Å². The van der Waals surface area contributed by atoms with Crippen molar-refractivity contribution in [1.82, 2.24) is 0 Å². The van der Waals surface area contributed by atoms with Crippen molar-refractivity contribution in [1.29, 1.82) is 0 Å². The Kier molecular flexibility index (Phi) is 6.70. The molecular weight excluding hydrogens is 280 g/mol. The summed E-state index contributed by atoms with van der Waals surface area (Å²) in [6.07, 6.45) is 1.66. The third-order valence-electron chi connectivity index (χ3n) is 3.21. The number of phenolic OH excluding ortho intramolecular Hbond substituents is 2. The van der Waals surface area contributed by atoms with Gasteiger partial charge in [-0.1, -0.05) is 49.9 Å². The number of carboxylic acids is 1. The molecule has 0 spiro atoms. The molecule has 2 aromatic carbocycles. The zero-order valence-electron chi connectivity index (χ0n) is 12.4. The molecule has 0 heterocycles. The minimum Gasteiger partial charge on any atom is -0.508 e. The average molecular weight is 300 g/mol. The Morgan fingerprint density at radius 1 is 1.05 bits per heavy atom. The number of carbonyl (C=O) groups is 1. The minimum atomic E-state index is -0.981. The fraction of sp³-hybridized carbons (Fsp3) is 0.167. The summed E-state index contributed by atoms with van der Waals surface area (Å²) in [6, 6.07) is 14.6. The molecule has 116 valence electrons. The van der Waals surface area contributed by atoms with Crippen LogP contribution in [0.1, 0.15) is 30.4 Å². The SMILES string of the molecule is C=CC(=O)O.CCC(c1ccccc1O)c1ccccc1O. The van der Waals surface area contributed by atoms with E-state index in [1.165, 1.54) is 0 Å². The van der Waals surface area contributed by atoms with Crippen LogP contribution >= 0.6 is 0 Å². The van der Waals surface area contributed by atoms with Gasteiger partial charge in [-0.25, -0.2) is 4.79 Å². The zero-order chi connectivity index (χ0) is 16.5. The molecule has 4 nitrogen and oxygen atoms in total. The molecule has 0 aliphatic heterocycles. The van der Waals surface area contributed by atoms with Crippen molar-refractivity contribution in [2.24, 2.45) is 0 Å². The van der Waals surface area contributed by atoms with E-state index >= 15 is 0 Å². The normalized spacial score (nSPS) is 9.73. The Balaban J connectivity index is 0.000000422. The van der Waals surface area contributed by atoms with E-state index in [0.717, 1.165) is 23.6 Å². The van der Waals surface area contributed by atoms with Crippen LogP contribution in [0.25, 0.3) is 0 Å². The standard InChI is InChI=1S/C15H16O2.C3H4O2/c1-2-11(12-7-3-5-9-14(12)16)13-8-4-6-10-15(13)17;1-2-3(4)5/h3-11,16-17H,2H2,1H3;2H,1H2,(H,4,5). The molecule has 22 heavy (non-hydrogen) atoms. The summed E-state index contributed by atoms with van der Waals surface area (Å²) in [6.45, 7) is 5.01. The molecule has 0 amide bonds. The predicted molar refractivity (Wildman–Crippen MR) is 86.2 cm³/mol. The Hall–Kier alpha value is -2.75.